The molecule has 0 bridgehead atoms. The minimum absolute atomic E-state index is 0.362. The van der Waals surface area contributed by atoms with Crippen molar-refractivity contribution in [3.05, 3.63) is 29.8 Å². The van der Waals surface area contributed by atoms with Crippen molar-refractivity contribution >= 4 is 13.2 Å². The Morgan fingerprint density at radius 3 is 2.21 bits per heavy atom. The maximum absolute atomic E-state index is 5.98. The van der Waals surface area contributed by atoms with Gasteiger partial charge in [0.05, 0.1) is 11.2 Å². The lowest BCUT2D eigenvalue weighted by molar-refractivity contribution is 0.00578. The van der Waals surface area contributed by atoms with E-state index in [0.717, 1.165) is 11.0 Å². The predicted molar refractivity (Wildman–Crippen MR) is 75.1 cm³/mol. The van der Waals surface area contributed by atoms with Crippen LogP contribution in [0, 0.1) is 0 Å². The Morgan fingerprint density at radius 1 is 1.21 bits per heavy atom. The molecule has 0 spiro atoms. The van der Waals surface area contributed by atoms with Crippen LogP contribution in [-0.4, -0.2) is 34.8 Å². The maximum atomic E-state index is 5.98. The van der Waals surface area contributed by atoms with Gasteiger partial charge >= 0.3 is 7.12 Å². The highest BCUT2D eigenvalue weighted by Gasteiger charge is 2.52. The minimum atomic E-state index is -0.421. The Morgan fingerprint density at radius 2 is 1.74 bits per heavy atom. The molecule has 19 heavy (non-hydrogen) atoms. The van der Waals surface area contributed by atoms with E-state index in [0.29, 0.717) is 6.54 Å². The molecule has 1 aliphatic heterocycles. The molecular formula is C13H20BN3O2. The molecule has 0 aliphatic carbocycles. The van der Waals surface area contributed by atoms with Gasteiger partial charge in [-0.1, -0.05) is 6.08 Å². The normalized spacial score (nSPS) is 21.7. The topological polar surface area (TPSA) is 70.3 Å². The van der Waals surface area contributed by atoms with Crippen molar-refractivity contribution in [3.8, 4) is 0 Å². The Kier molecular flexibility index (Phi) is 3.76. The lowest BCUT2D eigenvalue weighted by atomic mass is 9.77. The van der Waals surface area contributed by atoms with E-state index in [1.54, 1.807) is 12.4 Å². The van der Waals surface area contributed by atoms with Gasteiger partial charge in [-0.25, -0.2) is 9.97 Å². The Balaban J connectivity index is 2.23. The number of hydrogen-bond donors (Lipinski definition) is 1. The Labute approximate surface area is 114 Å². The van der Waals surface area contributed by atoms with Gasteiger partial charge in [0, 0.05) is 24.5 Å². The van der Waals surface area contributed by atoms with E-state index in [-0.39, 0.29) is 11.2 Å². The quantitative estimate of drug-likeness (QED) is 0.834. The Bertz CT molecular complexity index is 458. The molecule has 0 unspecified atom stereocenters. The molecule has 2 rings (SSSR count). The lowest BCUT2D eigenvalue weighted by Crippen LogP contribution is -2.41. The summed E-state index contributed by atoms with van der Waals surface area (Å²) < 4.78 is 12.0. The van der Waals surface area contributed by atoms with E-state index in [1.807, 2.05) is 33.8 Å². The first-order chi connectivity index (χ1) is 8.86. The average molecular weight is 261 g/mol. The van der Waals surface area contributed by atoms with Gasteiger partial charge < -0.3 is 15.0 Å². The summed E-state index contributed by atoms with van der Waals surface area (Å²) in [7, 11) is -0.421. The van der Waals surface area contributed by atoms with Crippen molar-refractivity contribution in [2.45, 2.75) is 38.9 Å². The van der Waals surface area contributed by atoms with Crippen molar-refractivity contribution in [1.82, 2.24) is 9.97 Å². The van der Waals surface area contributed by atoms with Crippen molar-refractivity contribution in [2.24, 2.45) is 5.73 Å². The zero-order valence-electron chi connectivity index (χ0n) is 11.9. The Hall–Kier alpha value is -1.24. The second-order valence-corrected chi connectivity index (χ2v) is 5.68. The van der Waals surface area contributed by atoms with Crippen LogP contribution in [0.3, 0.4) is 0 Å². The van der Waals surface area contributed by atoms with E-state index >= 15 is 0 Å². The van der Waals surface area contributed by atoms with E-state index in [4.69, 9.17) is 15.0 Å². The number of rotatable bonds is 3. The van der Waals surface area contributed by atoms with Gasteiger partial charge in [0.1, 0.15) is 6.33 Å². The zero-order valence-corrected chi connectivity index (χ0v) is 11.9. The fourth-order valence-corrected chi connectivity index (χ4v) is 1.82. The first-order valence-corrected chi connectivity index (χ1v) is 6.37. The van der Waals surface area contributed by atoms with E-state index in [2.05, 4.69) is 9.97 Å². The molecular weight excluding hydrogens is 241 g/mol. The highest BCUT2D eigenvalue weighted by molar-refractivity contribution is 6.55. The smallest absolute Gasteiger partial charge is 0.400 e. The predicted octanol–water partition coefficient (Wildman–Crippen LogP) is 1.45. The van der Waals surface area contributed by atoms with Crippen molar-refractivity contribution in [2.75, 3.05) is 6.54 Å². The molecule has 0 saturated carbocycles. The number of aromatic nitrogens is 2. The SMILES string of the molecule is CC1(C)OB(C(=Cc2cncnc2)CN)OC1(C)C. The maximum Gasteiger partial charge on any atom is 0.491 e. The van der Waals surface area contributed by atoms with Crippen LogP contribution in [-0.2, 0) is 9.31 Å². The number of nitrogens with two attached hydrogens (primary N) is 1. The van der Waals surface area contributed by atoms with Crippen LogP contribution in [0.5, 0.6) is 0 Å². The van der Waals surface area contributed by atoms with Gasteiger partial charge in [0.2, 0.25) is 0 Å². The summed E-state index contributed by atoms with van der Waals surface area (Å²) in [6.45, 7) is 8.45. The molecule has 1 aromatic heterocycles. The average Bonchev–Trinajstić information content (AvgIpc) is 2.56. The zero-order chi connectivity index (χ0) is 14.1. The van der Waals surface area contributed by atoms with Crippen LogP contribution in [0.2, 0.25) is 0 Å². The molecule has 1 aromatic rings. The van der Waals surface area contributed by atoms with Gasteiger partial charge in [-0.15, -0.1) is 0 Å². The molecule has 0 atom stereocenters. The molecule has 0 aromatic carbocycles. The summed E-state index contributed by atoms with van der Waals surface area (Å²) in [5.41, 5.74) is 6.85. The molecule has 1 fully saturated rings. The second kappa shape index (κ2) is 5.04. The molecule has 0 radical (unpaired) electrons. The van der Waals surface area contributed by atoms with Crippen LogP contribution >= 0.6 is 0 Å². The first-order valence-electron chi connectivity index (χ1n) is 6.37. The second-order valence-electron chi connectivity index (χ2n) is 5.68. The fourth-order valence-electron chi connectivity index (χ4n) is 1.82. The fraction of sp³-hybridized carbons (Fsp3) is 0.538. The van der Waals surface area contributed by atoms with Gasteiger partial charge in [0.15, 0.2) is 0 Å². The van der Waals surface area contributed by atoms with Crippen molar-refractivity contribution in [1.29, 1.82) is 0 Å². The molecule has 6 heteroatoms. The standard InChI is InChI=1S/C13H20BN3O2/c1-12(2)13(3,4)19-14(18-12)11(6-15)5-10-7-16-9-17-8-10/h5,7-9H,6,15H2,1-4H3. The van der Waals surface area contributed by atoms with Gasteiger partial charge in [-0.2, -0.15) is 0 Å². The highest BCUT2D eigenvalue weighted by atomic mass is 16.7. The summed E-state index contributed by atoms with van der Waals surface area (Å²) in [5.74, 6) is 0. The summed E-state index contributed by atoms with van der Waals surface area (Å²) in [6, 6.07) is 0. The van der Waals surface area contributed by atoms with E-state index < -0.39 is 7.12 Å². The van der Waals surface area contributed by atoms with Crippen LogP contribution in [0.4, 0.5) is 0 Å². The van der Waals surface area contributed by atoms with Gasteiger partial charge in [-0.05, 0) is 33.2 Å². The molecule has 0 amide bonds. The van der Waals surface area contributed by atoms with Crippen molar-refractivity contribution in [3.63, 3.8) is 0 Å². The van der Waals surface area contributed by atoms with Crippen LogP contribution in [0.25, 0.3) is 6.08 Å². The van der Waals surface area contributed by atoms with Gasteiger partial charge in [-0.3, -0.25) is 0 Å². The van der Waals surface area contributed by atoms with Crippen LogP contribution in [0.1, 0.15) is 33.3 Å². The van der Waals surface area contributed by atoms with E-state index in [9.17, 15) is 0 Å². The van der Waals surface area contributed by atoms with Crippen LogP contribution < -0.4 is 5.73 Å². The van der Waals surface area contributed by atoms with E-state index in [1.165, 1.54) is 6.33 Å². The molecule has 102 valence electrons. The summed E-state index contributed by atoms with van der Waals surface area (Å²) in [6.07, 6.45) is 6.87. The molecule has 5 nitrogen and oxygen atoms in total. The monoisotopic (exact) mass is 261 g/mol. The van der Waals surface area contributed by atoms with Gasteiger partial charge in [0.25, 0.3) is 0 Å². The molecule has 2 heterocycles. The third-order valence-electron chi connectivity index (χ3n) is 3.72. The third-order valence-corrected chi connectivity index (χ3v) is 3.72. The minimum Gasteiger partial charge on any atom is -0.400 e. The highest BCUT2D eigenvalue weighted by Crippen LogP contribution is 2.38. The molecule has 2 N–H and O–H groups in total. The molecule has 1 aliphatic rings. The summed E-state index contributed by atoms with van der Waals surface area (Å²) >= 11 is 0. The molecule has 1 saturated heterocycles. The lowest BCUT2D eigenvalue weighted by Gasteiger charge is -2.32. The number of nitrogens with zero attached hydrogens (tertiary/aromatic N) is 2. The summed E-state index contributed by atoms with van der Waals surface area (Å²) in [4.78, 5) is 7.96. The number of hydrogen-bond acceptors (Lipinski definition) is 5. The van der Waals surface area contributed by atoms with Crippen LogP contribution in [0.15, 0.2) is 24.2 Å². The van der Waals surface area contributed by atoms with Crippen molar-refractivity contribution < 1.29 is 9.31 Å². The summed E-state index contributed by atoms with van der Waals surface area (Å²) in [5, 5.41) is 0. The first kappa shape index (κ1) is 14.2. The third kappa shape index (κ3) is 2.86. The largest absolute Gasteiger partial charge is 0.491 e.